The molecule has 0 unspecified atom stereocenters. The van der Waals surface area contributed by atoms with E-state index in [4.69, 9.17) is 14.2 Å². The smallest absolute Gasteiger partial charge is 0.241 e. The highest BCUT2D eigenvalue weighted by Crippen LogP contribution is 2.40. The topological polar surface area (TPSA) is 51.2 Å². The van der Waals surface area contributed by atoms with E-state index in [1.54, 1.807) is 13.0 Å². The molecule has 1 aromatic carbocycles. The summed E-state index contributed by atoms with van der Waals surface area (Å²) in [6.07, 6.45) is 13.3. The highest BCUT2D eigenvalue weighted by atomic mass is 19.1. The molecule has 3 aliphatic heterocycles. The van der Waals surface area contributed by atoms with E-state index in [0.717, 1.165) is 82.4 Å². The van der Waals surface area contributed by atoms with Gasteiger partial charge in [-0.25, -0.2) is 4.39 Å². The summed E-state index contributed by atoms with van der Waals surface area (Å²) in [4.78, 5) is 18.6. The summed E-state index contributed by atoms with van der Waals surface area (Å²) in [5.41, 5.74) is 2.74. The molecule has 5 rings (SSSR count). The van der Waals surface area contributed by atoms with E-state index in [2.05, 4.69) is 30.9 Å². The zero-order chi connectivity index (χ0) is 28.1. The third kappa shape index (κ3) is 6.80. The summed E-state index contributed by atoms with van der Waals surface area (Å²) in [5.74, 6) is 1.94. The zero-order valence-corrected chi connectivity index (χ0v) is 24.6. The maximum Gasteiger partial charge on any atom is 0.241 e. The van der Waals surface area contributed by atoms with Gasteiger partial charge in [0.15, 0.2) is 6.29 Å². The van der Waals surface area contributed by atoms with Crippen LogP contribution in [-0.4, -0.2) is 62.1 Å². The Kier molecular flexibility index (Phi) is 9.98. The number of hydrogen-bond donors (Lipinski definition) is 0. The molecule has 0 N–H and O–H groups in total. The number of aryl methyl sites for hydroxylation is 1. The van der Waals surface area contributed by atoms with Crippen molar-refractivity contribution in [2.24, 2.45) is 11.8 Å². The average molecular weight is 555 g/mol. The van der Waals surface area contributed by atoms with Crippen LogP contribution in [0.1, 0.15) is 77.2 Å². The third-order valence-corrected chi connectivity index (χ3v) is 9.16. The van der Waals surface area contributed by atoms with Crippen LogP contribution in [0.5, 0.6) is 0 Å². The molecule has 40 heavy (non-hydrogen) atoms. The molecule has 0 spiro atoms. The lowest BCUT2D eigenvalue weighted by atomic mass is 9.82. The highest BCUT2D eigenvalue weighted by molar-refractivity contribution is 5.95. The Hall–Kier alpha value is -2.22. The molecular formula is C33H47FN2O4. The molecule has 1 amide bonds. The Morgan fingerprint density at radius 2 is 1.90 bits per heavy atom. The first-order valence-electron chi connectivity index (χ1n) is 15.6. The fraction of sp³-hybridized carbons (Fsp3) is 0.667. The fourth-order valence-electron chi connectivity index (χ4n) is 7.13. The number of likely N-dealkylation sites (tertiary alicyclic amines) is 1. The Bertz CT molecular complexity index is 1080. The van der Waals surface area contributed by atoms with E-state index in [9.17, 15) is 9.18 Å². The van der Waals surface area contributed by atoms with Crippen molar-refractivity contribution in [1.29, 1.82) is 0 Å². The van der Waals surface area contributed by atoms with Gasteiger partial charge in [-0.1, -0.05) is 32.8 Å². The molecule has 0 radical (unpaired) electrons. The van der Waals surface area contributed by atoms with Gasteiger partial charge in [-0.3, -0.25) is 9.69 Å². The number of anilines is 1. The van der Waals surface area contributed by atoms with Crippen LogP contribution >= 0.6 is 0 Å². The Balaban J connectivity index is 1.35. The van der Waals surface area contributed by atoms with E-state index in [0.29, 0.717) is 43.2 Å². The molecule has 7 heteroatoms. The first kappa shape index (κ1) is 29.3. The second kappa shape index (κ2) is 13.6. The molecule has 3 atom stereocenters. The summed E-state index contributed by atoms with van der Waals surface area (Å²) in [7, 11) is 0. The second-order valence-corrected chi connectivity index (χ2v) is 12.0. The minimum atomic E-state index is -0.232. The minimum absolute atomic E-state index is 0.110. The van der Waals surface area contributed by atoms with E-state index in [1.807, 2.05) is 11.0 Å². The van der Waals surface area contributed by atoms with Crippen molar-refractivity contribution >= 4 is 11.6 Å². The molecule has 3 heterocycles. The number of rotatable bonds is 12. The van der Waals surface area contributed by atoms with Crippen molar-refractivity contribution < 1.29 is 23.4 Å². The van der Waals surface area contributed by atoms with Gasteiger partial charge in [0.25, 0.3) is 0 Å². The van der Waals surface area contributed by atoms with E-state index in [1.165, 1.54) is 11.6 Å². The predicted molar refractivity (Wildman–Crippen MR) is 155 cm³/mol. The largest absolute Gasteiger partial charge is 0.493 e. The molecule has 1 aliphatic carbocycles. The number of halogens is 1. The quantitative estimate of drug-likeness (QED) is 0.294. The molecule has 220 valence electrons. The summed E-state index contributed by atoms with van der Waals surface area (Å²) >= 11 is 0. The molecule has 0 bridgehead atoms. The van der Waals surface area contributed by atoms with Crippen LogP contribution in [0.3, 0.4) is 0 Å². The maximum atomic E-state index is 14.2. The lowest BCUT2D eigenvalue weighted by Gasteiger charge is -2.35. The number of carbonyl (C=O) groups excluding carboxylic acids is 1. The van der Waals surface area contributed by atoms with Crippen LogP contribution in [0.25, 0.3) is 0 Å². The normalized spacial score (nSPS) is 25.2. The summed E-state index contributed by atoms with van der Waals surface area (Å²) in [6, 6.07) is 5.53. The van der Waals surface area contributed by atoms with Crippen LogP contribution in [-0.2, 0) is 19.0 Å². The second-order valence-electron chi connectivity index (χ2n) is 12.0. The first-order valence-corrected chi connectivity index (χ1v) is 15.6. The fourth-order valence-corrected chi connectivity index (χ4v) is 7.13. The number of benzene rings is 1. The predicted octanol–water partition coefficient (Wildman–Crippen LogP) is 6.53. The number of carbonyl (C=O) groups is 1. The van der Waals surface area contributed by atoms with Crippen molar-refractivity contribution in [3.63, 3.8) is 0 Å². The van der Waals surface area contributed by atoms with Gasteiger partial charge in [-0.05, 0) is 92.7 Å². The molecule has 4 aliphatic rings. The van der Waals surface area contributed by atoms with Crippen molar-refractivity contribution in [2.75, 3.05) is 37.8 Å². The van der Waals surface area contributed by atoms with Gasteiger partial charge in [0, 0.05) is 30.7 Å². The SMILES string of the molecule is CCCC(CCC)N(C(=O)CN1C[C@H]([C@H]2C=C3CCOC3=CC2)C[C@@H]1CCC1OCCO1)c1ccc(F)c(C)c1. The molecule has 0 aromatic heterocycles. The molecule has 3 fully saturated rings. The molecule has 3 saturated heterocycles. The molecule has 1 aromatic rings. The number of allylic oxidation sites excluding steroid dienone is 3. The van der Waals surface area contributed by atoms with Crippen molar-refractivity contribution in [1.82, 2.24) is 4.90 Å². The van der Waals surface area contributed by atoms with Crippen LogP contribution in [0.4, 0.5) is 10.1 Å². The number of ether oxygens (including phenoxy) is 3. The monoisotopic (exact) mass is 554 g/mol. The Labute approximate surface area is 239 Å². The third-order valence-electron chi connectivity index (χ3n) is 9.16. The van der Waals surface area contributed by atoms with Crippen LogP contribution < -0.4 is 4.90 Å². The van der Waals surface area contributed by atoms with Crippen molar-refractivity contribution in [3.8, 4) is 0 Å². The molecule has 6 nitrogen and oxygen atoms in total. The van der Waals surface area contributed by atoms with Gasteiger partial charge in [0.05, 0.1) is 26.4 Å². The highest BCUT2D eigenvalue weighted by Gasteiger charge is 2.39. The zero-order valence-electron chi connectivity index (χ0n) is 24.6. The summed E-state index contributed by atoms with van der Waals surface area (Å²) in [5, 5.41) is 0. The number of hydrogen-bond acceptors (Lipinski definition) is 5. The van der Waals surface area contributed by atoms with Gasteiger partial charge in [-0.15, -0.1) is 0 Å². The van der Waals surface area contributed by atoms with Gasteiger partial charge >= 0.3 is 0 Å². The first-order chi connectivity index (χ1) is 19.5. The number of nitrogens with zero attached hydrogens (tertiary/aromatic N) is 2. The van der Waals surface area contributed by atoms with Gasteiger partial charge < -0.3 is 19.1 Å². The number of fused-ring (bicyclic) bond motifs is 1. The molecular weight excluding hydrogens is 507 g/mol. The molecule has 0 saturated carbocycles. The summed E-state index contributed by atoms with van der Waals surface area (Å²) < 4.78 is 31.5. The van der Waals surface area contributed by atoms with Gasteiger partial charge in [-0.2, -0.15) is 0 Å². The van der Waals surface area contributed by atoms with E-state index in [-0.39, 0.29) is 24.1 Å². The van der Waals surface area contributed by atoms with Gasteiger partial charge in [0.1, 0.15) is 11.6 Å². The van der Waals surface area contributed by atoms with Crippen LogP contribution in [0.15, 0.2) is 41.7 Å². The Morgan fingerprint density at radius 1 is 1.12 bits per heavy atom. The number of amides is 1. The van der Waals surface area contributed by atoms with Crippen molar-refractivity contribution in [3.05, 3.63) is 53.1 Å². The minimum Gasteiger partial charge on any atom is -0.493 e. The maximum absolute atomic E-state index is 14.2. The van der Waals surface area contributed by atoms with Crippen LogP contribution in [0, 0.1) is 24.6 Å². The van der Waals surface area contributed by atoms with E-state index >= 15 is 0 Å². The average Bonchev–Trinajstić information content (AvgIpc) is 3.71. The van der Waals surface area contributed by atoms with Crippen LogP contribution in [0.2, 0.25) is 0 Å². The van der Waals surface area contributed by atoms with E-state index < -0.39 is 0 Å². The Morgan fingerprint density at radius 3 is 2.62 bits per heavy atom. The summed E-state index contributed by atoms with van der Waals surface area (Å²) in [6.45, 7) is 9.51. The lowest BCUT2D eigenvalue weighted by molar-refractivity contribution is -0.120. The lowest BCUT2D eigenvalue weighted by Crippen LogP contribution is -2.47. The standard InChI is InChI=1S/C33H47FN2O4/c1-4-6-27(7-5-2)36(29-9-11-30(34)23(3)18-29)32(37)22-35-21-26(20-28(35)10-13-33-39-16-17-40-33)24-8-12-31-25(19-24)14-15-38-31/h9,11-12,18-19,24,26-28,33H,4-8,10,13-17,20-22H2,1-3H3/t24-,26-,28+/m1/s1. The van der Waals surface area contributed by atoms with Crippen molar-refractivity contribution in [2.45, 2.75) is 96.9 Å². The van der Waals surface area contributed by atoms with Gasteiger partial charge in [0.2, 0.25) is 5.91 Å².